The zero-order valence-corrected chi connectivity index (χ0v) is 16.6. The first-order valence-electron chi connectivity index (χ1n) is 9.84. The van der Waals surface area contributed by atoms with E-state index in [0.29, 0.717) is 5.56 Å². The van der Waals surface area contributed by atoms with Crippen LogP contribution >= 0.6 is 0 Å². The quantitative estimate of drug-likeness (QED) is 0.840. The van der Waals surface area contributed by atoms with E-state index in [1.807, 2.05) is 12.1 Å². The van der Waals surface area contributed by atoms with Crippen LogP contribution in [0.25, 0.3) is 0 Å². The van der Waals surface area contributed by atoms with Gasteiger partial charge in [-0.3, -0.25) is 9.69 Å². The van der Waals surface area contributed by atoms with Crippen molar-refractivity contribution in [2.45, 2.75) is 39.8 Å². The third-order valence-corrected chi connectivity index (χ3v) is 5.24. The molecule has 1 amide bonds. The summed E-state index contributed by atoms with van der Waals surface area (Å²) in [5.41, 5.74) is 5.61. The van der Waals surface area contributed by atoms with E-state index < -0.39 is 0 Å². The molecule has 1 aliphatic heterocycles. The van der Waals surface area contributed by atoms with Crippen molar-refractivity contribution in [3.8, 4) is 0 Å². The molecule has 1 fully saturated rings. The van der Waals surface area contributed by atoms with Gasteiger partial charge in [0.1, 0.15) is 0 Å². The first kappa shape index (κ1) is 19.6. The molecule has 1 heterocycles. The fraction of sp³-hybridized carbons (Fsp3) is 0.435. The van der Waals surface area contributed by atoms with Gasteiger partial charge in [0, 0.05) is 25.2 Å². The Bertz CT molecular complexity index is 764. The minimum Gasteiger partial charge on any atom is -0.379 e. The Morgan fingerprint density at radius 3 is 2.44 bits per heavy atom. The van der Waals surface area contributed by atoms with Crippen molar-refractivity contribution in [2.24, 2.45) is 0 Å². The fourth-order valence-electron chi connectivity index (χ4n) is 3.64. The number of hydrogen-bond donors (Lipinski definition) is 1. The van der Waals surface area contributed by atoms with Crippen molar-refractivity contribution in [2.75, 3.05) is 26.3 Å². The highest BCUT2D eigenvalue weighted by molar-refractivity contribution is 5.94. The van der Waals surface area contributed by atoms with Gasteiger partial charge in [0.25, 0.3) is 5.91 Å². The van der Waals surface area contributed by atoms with Crippen LogP contribution in [0, 0.1) is 13.8 Å². The summed E-state index contributed by atoms with van der Waals surface area (Å²) in [5, 5.41) is 3.19. The summed E-state index contributed by atoms with van der Waals surface area (Å²) in [6.45, 7) is 10.8. The molecule has 2 aromatic rings. The highest BCUT2D eigenvalue weighted by Gasteiger charge is 2.16. The standard InChI is InChI=1S/C23H30N2O2/c1-4-22(21-10-5-17(2)15-18(21)3)24-23(26)20-8-6-19(7-9-20)16-25-11-13-27-14-12-25/h5-10,15,22H,4,11-14,16H2,1-3H3,(H,24,26). The third-order valence-electron chi connectivity index (χ3n) is 5.24. The first-order valence-corrected chi connectivity index (χ1v) is 9.84. The van der Waals surface area contributed by atoms with Gasteiger partial charge in [-0.15, -0.1) is 0 Å². The number of benzene rings is 2. The van der Waals surface area contributed by atoms with Gasteiger partial charge in [0.2, 0.25) is 0 Å². The lowest BCUT2D eigenvalue weighted by molar-refractivity contribution is 0.0342. The summed E-state index contributed by atoms with van der Waals surface area (Å²) in [4.78, 5) is 15.1. The maximum Gasteiger partial charge on any atom is 0.251 e. The predicted molar refractivity (Wildman–Crippen MR) is 109 cm³/mol. The maximum atomic E-state index is 12.7. The summed E-state index contributed by atoms with van der Waals surface area (Å²) in [6.07, 6.45) is 0.866. The molecular formula is C23H30N2O2. The van der Waals surface area contributed by atoms with E-state index in [4.69, 9.17) is 4.74 Å². The van der Waals surface area contributed by atoms with Crippen molar-refractivity contribution in [1.82, 2.24) is 10.2 Å². The molecule has 1 atom stereocenters. The third kappa shape index (κ3) is 5.18. The van der Waals surface area contributed by atoms with Crippen molar-refractivity contribution >= 4 is 5.91 Å². The number of carbonyl (C=O) groups is 1. The lowest BCUT2D eigenvalue weighted by Crippen LogP contribution is -2.35. The van der Waals surface area contributed by atoms with Crippen molar-refractivity contribution in [3.63, 3.8) is 0 Å². The van der Waals surface area contributed by atoms with Gasteiger partial charge in [-0.25, -0.2) is 0 Å². The molecule has 0 spiro atoms. The van der Waals surface area contributed by atoms with Crippen LogP contribution in [0.1, 0.15) is 52.0 Å². The van der Waals surface area contributed by atoms with Crippen LogP contribution < -0.4 is 5.32 Å². The molecule has 0 radical (unpaired) electrons. The molecule has 4 heteroatoms. The van der Waals surface area contributed by atoms with E-state index >= 15 is 0 Å². The second-order valence-electron chi connectivity index (χ2n) is 7.38. The van der Waals surface area contributed by atoms with Gasteiger partial charge in [0.15, 0.2) is 0 Å². The minimum atomic E-state index is -0.0141. The summed E-state index contributed by atoms with van der Waals surface area (Å²) in [6, 6.07) is 14.4. The molecule has 3 rings (SSSR count). The highest BCUT2D eigenvalue weighted by Crippen LogP contribution is 2.22. The zero-order chi connectivity index (χ0) is 19.2. The molecule has 27 heavy (non-hydrogen) atoms. The number of nitrogens with one attached hydrogen (secondary N) is 1. The van der Waals surface area contributed by atoms with Crippen LogP contribution in [-0.2, 0) is 11.3 Å². The molecule has 0 saturated carbocycles. The van der Waals surface area contributed by atoms with Gasteiger partial charge < -0.3 is 10.1 Å². The molecule has 0 aliphatic carbocycles. The Morgan fingerprint density at radius 1 is 1.11 bits per heavy atom. The summed E-state index contributed by atoms with van der Waals surface area (Å²) in [5.74, 6) is -0.0141. The van der Waals surface area contributed by atoms with Gasteiger partial charge in [-0.2, -0.15) is 0 Å². The Kier molecular flexibility index (Phi) is 6.64. The summed E-state index contributed by atoms with van der Waals surface area (Å²) < 4.78 is 5.39. The Morgan fingerprint density at radius 2 is 1.81 bits per heavy atom. The second kappa shape index (κ2) is 9.16. The average molecular weight is 367 g/mol. The number of rotatable bonds is 6. The molecule has 1 aliphatic rings. The largest absolute Gasteiger partial charge is 0.379 e. The number of aryl methyl sites for hydroxylation is 2. The second-order valence-corrected chi connectivity index (χ2v) is 7.38. The highest BCUT2D eigenvalue weighted by atomic mass is 16.5. The molecule has 144 valence electrons. The number of hydrogen-bond acceptors (Lipinski definition) is 3. The molecule has 1 N–H and O–H groups in total. The SMILES string of the molecule is CCC(NC(=O)c1ccc(CN2CCOCC2)cc1)c1ccc(C)cc1C. The van der Waals surface area contributed by atoms with E-state index in [0.717, 1.165) is 39.3 Å². The topological polar surface area (TPSA) is 41.6 Å². The average Bonchev–Trinajstić information content (AvgIpc) is 2.68. The number of carbonyl (C=O) groups excluding carboxylic acids is 1. The van der Waals surface area contributed by atoms with Crippen LogP contribution in [0.2, 0.25) is 0 Å². The maximum absolute atomic E-state index is 12.7. The molecular weight excluding hydrogens is 336 g/mol. The summed E-state index contributed by atoms with van der Waals surface area (Å²) in [7, 11) is 0. The van der Waals surface area contributed by atoms with Gasteiger partial charge in [-0.05, 0) is 49.1 Å². The van der Waals surface area contributed by atoms with Gasteiger partial charge in [-0.1, -0.05) is 42.8 Å². The normalized spacial score (nSPS) is 16.1. The number of morpholine rings is 1. The molecule has 1 saturated heterocycles. The van der Waals surface area contributed by atoms with E-state index in [9.17, 15) is 4.79 Å². The van der Waals surface area contributed by atoms with Crippen molar-refractivity contribution in [1.29, 1.82) is 0 Å². The van der Waals surface area contributed by atoms with Crippen LogP contribution in [0.5, 0.6) is 0 Å². The van der Waals surface area contributed by atoms with E-state index in [-0.39, 0.29) is 11.9 Å². The van der Waals surface area contributed by atoms with Crippen LogP contribution in [0.15, 0.2) is 42.5 Å². The Hall–Kier alpha value is -2.17. The minimum absolute atomic E-state index is 0.0141. The van der Waals surface area contributed by atoms with Crippen molar-refractivity contribution < 1.29 is 9.53 Å². The van der Waals surface area contributed by atoms with Crippen LogP contribution in [-0.4, -0.2) is 37.1 Å². The number of ether oxygens (including phenoxy) is 1. The smallest absolute Gasteiger partial charge is 0.251 e. The molecule has 1 unspecified atom stereocenters. The van der Waals surface area contributed by atoms with E-state index in [2.05, 4.69) is 61.3 Å². The van der Waals surface area contributed by atoms with E-state index in [1.54, 1.807) is 0 Å². The molecule has 4 nitrogen and oxygen atoms in total. The van der Waals surface area contributed by atoms with Gasteiger partial charge in [0.05, 0.1) is 19.3 Å². The van der Waals surface area contributed by atoms with Gasteiger partial charge >= 0.3 is 0 Å². The number of amides is 1. The monoisotopic (exact) mass is 366 g/mol. The Balaban J connectivity index is 1.64. The first-order chi connectivity index (χ1) is 13.1. The number of nitrogens with zero attached hydrogens (tertiary/aromatic N) is 1. The lowest BCUT2D eigenvalue weighted by Gasteiger charge is -2.26. The summed E-state index contributed by atoms with van der Waals surface area (Å²) >= 11 is 0. The zero-order valence-electron chi connectivity index (χ0n) is 16.6. The fourth-order valence-corrected chi connectivity index (χ4v) is 3.64. The molecule has 0 aromatic heterocycles. The lowest BCUT2D eigenvalue weighted by atomic mass is 9.97. The molecule has 2 aromatic carbocycles. The van der Waals surface area contributed by atoms with Crippen molar-refractivity contribution in [3.05, 3.63) is 70.3 Å². The predicted octanol–water partition coefficient (Wildman–Crippen LogP) is 4.02. The van der Waals surface area contributed by atoms with Crippen LogP contribution in [0.3, 0.4) is 0 Å². The van der Waals surface area contributed by atoms with Crippen LogP contribution in [0.4, 0.5) is 0 Å². The molecule has 0 bridgehead atoms. The van der Waals surface area contributed by atoms with E-state index in [1.165, 1.54) is 22.3 Å². The Labute approximate surface area is 162 Å².